The van der Waals surface area contributed by atoms with Crippen LogP contribution in [-0.2, 0) is 19.3 Å². The zero-order valence-electron chi connectivity index (χ0n) is 24.1. The molecule has 3 rings (SSSR count). The van der Waals surface area contributed by atoms with E-state index in [9.17, 15) is 0 Å². The van der Waals surface area contributed by atoms with Gasteiger partial charge in [-0.1, -0.05) is 38.0 Å². The predicted molar refractivity (Wildman–Crippen MR) is 164 cm³/mol. The Morgan fingerprint density at radius 2 is 1.61 bits per heavy atom. The second kappa shape index (κ2) is 18.6. The molecule has 7 heteroatoms. The Balaban J connectivity index is 0.00000361. The van der Waals surface area contributed by atoms with Gasteiger partial charge in [0.05, 0.1) is 21.3 Å². The van der Waals surface area contributed by atoms with Crippen LogP contribution in [0.15, 0.2) is 30.3 Å². The maximum atomic E-state index is 5.69. The summed E-state index contributed by atoms with van der Waals surface area (Å²) < 4.78 is 16.6. The Bertz CT molecular complexity index is 942. The van der Waals surface area contributed by atoms with Gasteiger partial charge < -0.3 is 24.4 Å². The van der Waals surface area contributed by atoms with Gasteiger partial charge in [0, 0.05) is 11.6 Å². The van der Waals surface area contributed by atoms with Crippen LogP contribution in [0.2, 0.25) is 0 Å². The van der Waals surface area contributed by atoms with Crippen LogP contribution < -0.4 is 19.5 Å². The number of hydrogen-bond acceptors (Lipinski definition) is 5. The van der Waals surface area contributed by atoms with E-state index in [1.807, 2.05) is 0 Å². The largest absolute Gasteiger partial charge is 0.496 e. The van der Waals surface area contributed by atoms with Crippen molar-refractivity contribution in [2.24, 2.45) is 0 Å². The van der Waals surface area contributed by atoms with E-state index in [4.69, 9.17) is 14.2 Å². The summed E-state index contributed by atoms with van der Waals surface area (Å²) in [7, 11) is 5.21. The van der Waals surface area contributed by atoms with Crippen LogP contribution in [0.5, 0.6) is 17.2 Å². The molecule has 1 N–H and O–H groups in total. The Hall–Kier alpha value is -1.66. The number of halogens is 2. The Morgan fingerprint density at radius 3 is 2.29 bits per heavy atom. The van der Waals surface area contributed by atoms with Crippen LogP contribution >= 0.6 is 24.8 Å². The van der Waals surface area contributed by atoms with Crippen LogP contribution in [-0.4, -0.2) is 58.5 Å². The third kappa shape index (κ3) is 9.82. The number of ether oxygens (including phenoxy) is 3. The normalized spacial score (nSPS) is 14.3. The number of nitrogens with zero attached hydrogens (tertiary/aromatic N) is 1. The maximum absolute atomic E-state index is 5.69. The summed E-state index contributed by atoms with van der Waals surface area (Å²) in [5.41, 5.74) is 5.37. The van der Waals surface area contributed by atoms with Crippen molar-refractivity contribution in [3.8, 4) is 17.2 Å². The molecule has 0 amide bonds. The lowest BCUT2D eigenvalue weighted by atomic mass is 9.86. The van der Waals surface area contributed by atoms with Gasteiger partial charge in [0.15, 0.2) is 11.5 Å². The summed E-state index contributed by atoms with van der Waals surface area (Å²) in [4.78, 5) is 2.74. The van der Waals surface area contributed by atoms with Gasteiger partial charge in [0.2, 0.25) is 0 Å². The van der Waals surface area contributed by atoms with E-state index in [1.54, 1.807) is 21.3 Å². The summed E-state index contributed by atoms with van der Waals surface area (Å²) >= 11 is 0. The minimum atomic E-state index is 0. The second-order valence-electron chi connectivity index (χ2n) is 10.1. The Morgan fingerprint density at radius 1 is 0.868 bits per heavy atom. The van der Waals surface area contributed by atoms with Gasteiger partial charge in [0.25, 0.3) is 0 Å². The molecule has 0 aliphatic heterocycles. The van der Waals surface area contributed by atoms with Crippen molar-refractivity contribution >= 4 is 24.8 Å². The number of methoxy groups -OCH3 is 3. The summed E-state index contributed by atoms with van der Waals surface area (Å²) in [5.74, 6) is 2.76. The summed E-state index contributed by atoms with van der Waals surface area (Å²) in [5, 5.41) is 3.62. The van der Waals surface area contributed by atoms with Crippen LogP contribution in [0, 0.1) is 6.92 Å². The molecule has 0 unspecified atom stereocenters. The van der Waals surface area contributed by atoms with Crippen molar-refractivity contribution in [1.29, 1.82) is 0 Å². The summed E-state index contributed by atoms with van der Waals surface area (Å²) in [6, 6.07) is 11.4. The molecule has 0 radical (unpaired) electrons. The molecular formula is C31H50Cl2N2O3. The fourth-order valence-electron chi connectivity index (χ4n) is 5.61. The van der Waals surface area contributed by atoms with Crippen LogP contribution in [0.4, 0.5) is 0 Å². The highest BCUT2D eigenvalue weighted by molar-refractivity contribution is 5.85. The first kappa shape index (κ1) is 34.4. The Kier molecular flexibility index (Phi) is 16.8. The quantitative estimate of drug-likeness (QED) is 0.225. The highest BCUT2D eigenvalue weighted by Crippen LogP contribution is 2.38. The molecule has 0 saturated carbocycles. The molecule has 0 heterocycles. The molecule has 2 aromatic carbocycles. The van der Waals surface area contributed by atoms with Crippen LogP contribution in [0.1, 0.15) is 67.7 Å². The van der Waals surface area contributed by atoms with Gasteiger partial charge in [-0.3, -0.25) is 0 Å². The van der Waals surface area contributed by atoms with E-state index in [2.05, 4.69) is 54.4 Å². The minimum absolute atomic E-state index is 0. The standard InChI is InChI=1S/C31H48N2O3.2ClH/c1-6-20-33(27-13-14-28-26(23-27)12-16-30(35-4)31(28)36-5)21-10-8-7-9-18-32-19-17-25-11-15-29(34-3)24(2)22-25;;/h11-12,15-16,22,27,32H,6-10,13-14,17-21,23H2,1-5H3;2*1H/t27-;;/m0../s1. The third-order valence-corrected chi connectivity index (χ3v) is 7.55. The summed E-state index contributed by atoms with van der Waals surface area (Å²) in [6.45, 7) is 8.97. The van der Waals surface area contributed by atoms with E-state index in [-0.39, 0.29) is 24.8 Å². The first-order chi connectivity index (χ1) is 17.6. The van der Waals surface area contributed by atoms with Crippen molar-refractivity contribution in [3.05, 3.63) is 52.6 Å². The smallest absolute Gasteiger partial charge is 0.164 e. The lowest BCUT2D eigenvalue weighted by Gasteiger charge is -2.36. The van der Waals surface area contributed by atoms with E-state index in [0.29, 0.717) is 6.04 Å². The van der Waals surface area contributed by atoms with Crippen molar-refractivity contribution in [1.82, 2.24) is 10.2 Å². The molecule has 0 spiro atoms. The average Bonchev–Trinajstić information content (AvgIpc) is 2.90. The lowest BCUT2D eigenvalue weighted by Crippen LogP contribution is -2.40. The molecule has 5 nitrogen and oxygen atoms in total. The van der Waals surface area contributed by atoms with Gasteiger partial charge in [-0.15, -0.1) is 24.8 Å². The summed E-state index contributed by atoms with van der Waals surface area (Å²) in [6.07, 6.45) is 10.8. The monoisotopic (exact) mass is 568 g/mol. The molecule has 2 aromatic rings. The molecule has 0 saturated heterocycles. The minimum Gasteiger partial charge on any atom is -0.496 e. The van der Waals surface area contributed by atoms with Gasteiger partial charge in [-0.2, -0.15) is 0 Å². The molecule has 0 fully saturated rings. The molecule has 0 aromatic heterocycles. The average molecular weight is 570 g/mol. The highest BCUT2D eigenvalue weighted by Gasteiger charge is 2.27. The third-order valence-electron chi connectivity index (χ3n) is 7.55. The molecule has 0 bridgehead atoms. The topological polar surface area (TPSA) is 43.0 Å². The fraction of sp³-hybridized carbons (Fsp3) is 0.613. The number of nitrogens with one attached hydrogen (secondary N) is 1. The fourth-order valence-corrected chi connectivity index (χ4v) is 5.61. The van der Waals surface area contributed by atoms with Crippen LogP contribution in [0.25, 0.3) is 0 Å². The van der Waals surface area contributed by atoms with Crippen molar-refractivity contribution in [2.45, 2.75) is 77.7 Å². The number of fused-ring (bicyclic) bond motifs is 1. The molecule has 1 aliphatic rings. The molecule has 1 atom stereocenters. The Labute approximate surface area is 243 Å². The number of rotatable bonds is 16. The van der Waals surface area contributed by atoms with Gasteiger partial charge in [-0.05, 0) is 107 Å². The zero-order valence-corrected chi connectivity index (χ0v) is 25.8. The van der Waals surface area contributed by atoms with Crippen molar-refractivity contribution in [2.75, 3.05) is 47.5 Å². The number of aryl methyl sites for hydroxylation is 1. The van der Waals surface area contributed by atoms with Gasteiger partial charge in [0.1, 0.15) is 5.75 Å². The maximum Gasteiger partial charge on any atom is 0.164 e. The number of benzene rings is 2. The molecule has 216 valence electrons. The van der Waals surface area contributed by atoms with E-state index < -0.39 is 0 Å². The lowest BCUT2D eigenvalue weighted by molar-refractivity contribution is 0.175. The van der Waals surface area contributed by atoms with E-state index in [1.165, 1.54) is 73.9 Å². The van der Waals surface area contributed by atoms with Gasteiger partial charge >= 0.3 is 0 Å². The second-order valence-corrected chi connectivity index (χ2v) is 10.1. The highest BCUT2D eigenvalue weighted by atomic mass is 35.5. The first-order valence-corrected chi connectivity index (χ1v) is 13.9. The first-order valence-electron chi connectivity index (χ1n) is 13.9. The van der Waals surface area contributed by atoms with E-state index >= 15 is 0 Å². The van der Waals surface area contributed by atoms with Gasteiger partial charge in [-0.25, -0.2) is 0 Å². The van der Waals surface area contributed by atoms with Crippen molar-refractivity contribution in [3.63, 3.8) is 0 Å². The SMILES string of the molecule is CCCN(CCCCCCNCCc1ccc(OC)c(C)c1)[C@H]1CCc2c(ccc(OC)c2OC)C1.Cl.Cl. The number of unbranched alkanes of at least 4 members (excludes halogenated alkanes) is 3. The molecule has 1 aliphatic carbocycles. The van der Waals surface area contributed by atoms with E-state index in [0.717, 1.165) is 49.6 Å². The molecular weight excluding hydrogens is 519 g/mol. The van der Waals surface area contributed by atoms with Crippen molar-refractivity contribution < 1.29 is 14.2 Å². The zero-order chi connectivity index (χ0) is 25.8. The van der Waals surface area contributed by atoms with Crippen LogP contribution in [0.3, 0.4) is 0 Å². The predicted octanol–water partition coefficient (Wildman–Crippen LogP) is 6.83. The number of hydrogen-bond donors (Lipinski definition) is 1. The molecule has 38 heavy (non-hydrogen) atoms.